The van der Waals surface area contributed by atoms with Crippen molar-refractivity contribution in [2.45, 2.75) is 39.2 Å². The van der Waals surface area contributed by atoms with Crippen molar-refractivity contribution >= 4 is 5.78 Å². The van der Waals surface area contributed by atoms with Crippen LogP contribution in [0.15, 0.2) is 6.07 Å². The zero-order chi connectivity index (χ0) is 14.4. The summed E-state index contributed by atoms with van der Waals surface area (Å²) in [5.41, 5.74) is 9.23. The van der Waals surface area contributed by atoms with Crippen molar-refractivity contribution in [3.8, 4) is 5.75 Å². The lowest BCUT2D eigenvalue weighted by Crippen LogP contribution is -2.07. The summed E-state index contributed by atoms with van der Waals surface area (Å²) in [6.07, 6.45) is 3.46. The normalized spacial score (nSPS) is 12.6. The maximum absolute atomic E-state index is 11.7. The van der Waals surface area contributed by atoms with Crippen LogP contribution in [0.2, 0.25) is 0 Å². The van der Waals surface area contributed by atoms with E-state index in [0.717, 1.165) is 30.4 Å². The quantitative estimate of drug-likeness (QED) is 0.727. The van der Waals surface area contributed by atoms with Crippen LogP contribution < -0.4 is 11.1 Å². The van der Waals surface area contributed by atoms with Gasteiger partial charge in [0.15, 0.2) is 5.78 Å². The average Bonchev–Trinajstić information content (AvgIpc) is 2.86. The molecular formula is C15H24N2O2. The Morgan fingerprint density at radius 3 is 2.58 bits per heavy atom. The third kappa shape index (κ3) is 3.33. The topological polar surface area (TPSA) is 75.4 Å². The summed E-state index contributed by atoms with van der Waals surface area (Å²) < 4.78 is 0. The highest BCUT2D eigenvalue weighted by Gasteiger charge is 2.22. The molecule has 0 aromatic heterocycles. The maximum atomic E-state index is 11.7. The van der Waals surface area contributed by atoms with Crippen molar-refractivity contribution in [1.82, 2.24) is 5.32 Å². The number of nitrogens with two attached hydrogens (primary N) is 1. The molecule has 0 amide bonds. The summed E-state index contributed by atoms with van der Waals surface area (Å²) >= 11 is 0. The van der Waals surface area contributed by atoms with Gasteiger partial charge in [0.05, 0.1) is 5.56 Å². The first kappa shape index (κ1) is 15.7. The number of phenolic OH excluding ortho intramolecular Hbond substituents is 1. The molecule has 1 aromatic rings. The highest BCUT2D eigenvalue weighted by Crippen LogP contribution is 2.34. The van der Waals surface area contributed by atoms with Crippen molar-refractivity contribution in [1.29, 1.82) is 0 Å². The molecule has 1 aliphatic carbocycles. The number of ketones is 1. The lowest BCUT2D eigenvalue weighted by Gasteiger charge is -2.12. The van der Waals surface area contributed by atoms with Crippen molar-refractivity contribution in [3.05, 3.63) is 28.3 Å². The first-order valence-corrected chi connectivity index (χ1v) is 6.78. The van der Waals surface area contributed by atoms with Crippen molar-refractivity contribution < 1.29 is 9.90 Å². The smallest absolute Gasteiger partial charge is 0.166 e. The zero-order valence-electron chi connectivity index (χ0n) is 12.0. The summed E-state index contributed by atoms with van der Waals surface area (Å²) in [5.74, 6) is 0.0944. The Kier molecular flexibility index (Phi) is 5.99. The molecule has 1 aliphatic rings. The number of phenols is 1. The van der Waals surface area contributed by atoms with Gasteiger partial charge in [0.2, 0.25) is 0 Å². The van der Waals surface area contributed by atoms with Crippen LogP contribution in [0.5, 0.6) is 5.75 Å². The van der Waals surface area contributed by atoms with Gasteiger partial charge >= 0.3 is 0 Å². The van der Waals surface area contributed by atoms with Gasteiger partial charge in [-0.25, -0.2) is 0 Å². The Morgan fingerprint density at radius 2 is 2.05 bits per heavy atom. The van der Waals surface area contributed by atoms with Crippen LogP contribution in [0.25, 0.3) is 0 Å². The number of fused-ring (bicyclic) bond motifs is 1. The van der Waals surface area contributed by atoms with E-state index in [9.17, 15) is 9.90 Å². The Morgan fingerprint density at radius 1 is 1.42 bits per heavy atom. The molecule has 4 nitrogen and oxygen atoms in total. The lowest BCUT2D eigenvalue weighted by molar-refractivity contribution is 0.0985. The molecule has 0 saturated heterocycles. The van der Waals surface area contributed by atoms with Crippen molar-refractivity contribution in [3.63, 3.8) is 0 Å². The number of nitrogens with one attached hydrogen (secondary N) is 1. The van der Waals surface area contributed by atoms with E-state index in [1.54, 1.807) is 6.92 Å². The van der Waals surface area contributed by atoms with Crippen molar-refractivity contribution in [2.75, 3.05) is 14.1 Å². The maximum Gasteiger partial charge on any atom is 0.166 e. The highest BCUT2D eigenvalue weighted by atomic mass is 16.3. The number of Topliss-reactive ketones (excluding diaryl/α,β-unsaturated/α-hetero) is 1. The van der Waals surface area contributed by atoms with Crippen LogP contribution in [0.1, 0.15) is 46.8 Å². The van der Waals surface area contributed by atoms with E-state index in [2.05, 4.69) is 5.32 Å². The molecule has 106 valence electrons. The molecule has 4 heteroatoms. The zero-order valence-corrected chi connectivity index (χ0v) is 12.0. The fourth-order valence-corrected chi connectivity index (χ4v) is 2.44. The van der Waals surface area contributed by atoms with Crippen LogP contribution in [-0.4, -0.2) is 25.0 Å². The van der Waals surface area contributed by atoms with Crippen LogP contribution in [-0.2, 0) is 19.4 Å². The third-order valence-corrected chi connectivity index (χ3v) is 3.31. The second kappa shape index (κ2) is 7.26. The number of benzene rings is 1. The monoisotopic (exact) mass is 264 g/mol. The summed E-state index contributed by atoms with van der Waals surface area (Å²) in [7, 11) is 3.75. The standard InChI is InChI=1S/C13H17NO2.C2H7N/c1-2-12(15)10-6-8-4-3-5-9(8)11(7-14)13(10)16;1-3-2/h6,16H,2-5,7,14H2,1H3;3H,1-2H3. The van der Waals surface area contributed by atoms with Gasteiger partial charge in [-0.3, -0.25) is 4.79 Å². The Bertz CT molecular complexity index is 456. The lowest BCUT2D eigenvalue weighted by atomic mass is 9.95. The van der Waals surface area contributed by atoms with E-state index in [-0.39, 0.29) is 11.5 Å². The van der Waals surface area contributed by atoms with E-state index >= 15 is 0 Å². The van der Waals surface area contributed by atoms with Gasteiger partial charge in [-0.2, -0.15) is 0 Å². The predicted octanol–water partition coefficient (Wildman–Crippen LogP) is 1.77. The van der Waals surface area contributed by atoms with E-state index in [4.69, 9.17) is 5.73 Å². The van der Waals surface area contributed by atoms with Gasteiger partial charge in [-0.15, -0.1) is 0 Å². The summed E-state index contributed by atoms with van der Waals surface area (Å²) in [5, 5.41) is 12.8. The van der Waals surface area contributed by atoms with Gasteiger partial charge in [0.25, 0.3) is 0 Å². The Balaban J connectivity index is 0.000000550. The number of aromatic hydroxyl groups is 1. The molecule has 0 radical (unpaired) electrons. The highest BCUT2D eigenvalue weighted by molar-refractivity contribution is 5.99. The Hall–Kier alpha value is -1.39. The second-order valence-electron chi connectivity index (χ2n) is 4.72. The minimum Gasteiger partial charge on any atom is -0.507 e. The molecule has 4 N–H and O–H groups in total. The molecule has 2 rings (SSSR count). The van der Waals surface area contributed by atoms with E-state index in [1.165, 1.54) is 5.56 Å². The predicted molar refractivity (Wildman–Crippen MR) is 77.6 cm³/mol. The van der Waals surface area contributed by atoms with Gasteiger partial charge in [0, 0.05) is 18.5 Å². The van der Waals surface area contributed by atoms with Crippen LogP contribution in [0.4, 0.5) is 0 Å². The van der Waals surface area contributed by atoms with E-state index in [0.29, 0.717) is 18.5 Å². The van der Waals surface area contributed by atoms with Crippen molar-refractivity contribution in [2.24, 2.45) is 5.73 Å². The molecule has 0 heterocycles. The fourth-order valence-electron chi connectivity index (χ4n) is 2.44. The van der Waals surface area contributed by atoms with Gasteiger partial charge in [-0.1, -0.05) is 6.92 Å². The van der Waals surface area contributed by atoms with Crippen LogP contribution >= 0.6 is 0 Å². The first-order chi connectivity index (χ1) is 9.10. The number of rotatable bonds is 3. The minimum atomic E-state index is -0.0121. The summed E-state index contributed by atoms with van der Waals surface area (Å²) in [6, 6.07) is 1.85. The number of hydrogen-bond donors (Lipinski definition) is 3. The summed E-state index contributed by atoms with van der Waals surface area (Å²) in [4.78, 5) is 11.7. The van der Waals surface area contributed by atoms with Crippen LogP contribution in [0.3, 0.4) is 0 Å². The van der Waals surface area contributed by atoms with E-state index in [1.807, 2.05) is 20.2 Å². The van der Waals surface area contributed by atoms with E-state index < -0.39 is 0 Å². The molecule has 1 aromatic carbocycles. The largest absolute Gasteiger partial charge is 0.507 e. The Labute approximate surface area is 115 Å². The molecule has 0 saturated carbocycles. The van der Waals surface area contributed by atoms with Gasteiger partial charge in [0.1, 0.15) is 5.75 Å². The second-order valence-corrected chi connectivity index (χ2v) is 4.72. The fraction of sp³-hybridized carbons (Fsp3) is 0.533. The molecule has 0 bridgehead atoms. The average molecular weight is 264 g/mol. The van der Waals surface area contributed by atoms with Gasteiger partial charge in [-0.05, 0) is 50.6 Å². The molecule has 19 heavy (non-hydrogen) atoms. The number of carbonyl (C=O) groups is 1. The molecule has 0 fully saturated rings. The molecule has 0 unspecified atom stereocenters. The van der Waals surface area contributed by atoms with Gasteiger partial charge < -0.3 is 16.2 Å². The molecule has 0 atom stereocenters. The third-order valence-electron chi connectivity index (χ3n) is 3.31. The summed E-state index contributed by atoms with van der Waals surface area (Å²) in [6.45, 7) is 2.11. The molecule has 0 aliphatic heterocycles. The minimum absolute atomic E-state index is 0.0121. The number of hydrogen-bond acceptors (Lipinski definition) is 4. The SMILES string of the molecule is CCC(=O)c1cc2c(c(CN)c1O)CCC2.CNC. The number of aryl methyl sites for hydroxylation is 1. The first-order valence-electron chi connectivity index (χ1n) is 6.78. The van der Waals surface area contributed by atoms with Crippen LogP contribution in [0, 0.1) is 0 Å². The molecular weight excluding hydrogens is 240 g/mol. The molecule has 0 spiro atoms. The number of carbonyl (C=O) groups excluding carboxylic acids is 1.